The second-order valence-electron chi connectivity index (χ2n) is 5.13. The molecule has 0 aliphatic carbocycles. The van der Waals surface area contributed by atoms with E-state index in [4.69, 9.17) is 0 Å². The first-order valence-electron chi connectivity index (χ1n) is 7.60. The standard InChI is InChI=1S/C17H23N3OS/c1-3-22-12-11-20-17(21)13-16(14-18-20)19(2)10-9-15-7-5-4-6-8-15/h4-8,13-14H,3,9-12H2,1-2H3. The van der Waals surface area contributed by atoms with Gasteiger partial charge in [0, 0.05) is 25.4 Å². The summed E-state index contributed by atoms with van der Waals surface area (Å²) in [6.07, 6.45) is 2.73. The number of benzene rings is 1. The molecule has 2 aromatic rings. The molecule has 0 N–H and O–H groups in total. The molecule has 1 aromatic carbocycles. The normalized spacial score (nSPS) is 10.6. The van der Waals surface area contributed by atoms with Crippen LogP contribution in [0.4, 0.5) is 5.69 Å². The fourth-order valence-corrected chi connectivity index (χ4v) is 2.76. The maximum absolute atomic E-state index is 12.1. The molecule has 0 aliphatic rings. The molecule has 0 atom stereocenters. The van der Waals surface area contributed by atoms with E-state index in [0.29, 0.717) is 6.54 Å². The van der Waals surface area contributed by atoms with Gasteiger partial charge < -0.3 is 4.90 Å². The monoisotopic (exact) mass is 317 g/mol. The van der Waals surface area contributed by atoms with Crippen molar-refractivity contribution in [1.29, 1.82) is 0 Å². The Bertz CT molecular complexity index is 627. The van der Waals surface area contributed by atoms with Crippen LogP contribution < -0.4 is 10.5 Å². The van der Waals surface area contributed by atoms with Crippen molar-refractivity contribution in [1.82, 2.24) is 9.78 Å². The van der Waals surface area contributed by atoms with Crippen molar-refractivity contribution in [3.63, 3.8) is 0 Å². The molecule has 0 bridgehead atoms. The first-order chi connectivity index (χ1) is 10.7. The van der Waals surface area contributed by atoms with Gasteiger partial charge in [-0.2, -0.15) is 16.9 Å². The van der Waals surface area contributed by atoms with Crippen LogP contribution in [0.25, 0.3) is 0 Å². The smallest absolute Gasteiger partial charge is 0.268 e. The van der Waals surface area contributed by atoms with Crippen molar-refractivity contribution in [2.45, 2.75) is 19.9 Å². The molecule has 118 valence electrons. The van der Waals surface area contributed by atoms with Gasteiger partial charge in [-0.25, -0.2) is 4.68 Å². The predicted octanol–water partition coefficient (Wildman–Crippen LogP) is 2.68. The minimum Gasteiger partial charge on any atom is -0.373 e. The fraction of sp³-hybridized carbons (Fsp3) is 0.412. The Labute approximate surface area is 136 Å². The lowest BCUT2D eigenvalue weighted by Crippen LogP contribution is -2.27. The minimum atomic E-state index is -0.0271. The lowest BCUT2D eigenvalue weighted by Gasteiger charge is -2.19. The lowest BCUT2D eigenvalue weighted by atomic mass is 10.1. The fourth-order valence-electron chi connectivity index (χ4n) is 2.17. The van der Waals surface area contributed by atoms with Crippen molar-refractivity contribution in [2.24, 2.45) is 0 Å². The van der Waals surface area contributed by atoms with Crippen LogP contribution in [-0.4, -0.2) is 34.9 Å². The van der Waals surface area contributed by atoms with Crippen LogP contribution in [0.1, 0.15) is 12.5 Å². The van der Waals surface area contributed by atoms with Crippen LogP contribution in [0.2, 0.25) is 0 Å². The third-order valence-corrected chi connectivity index (χ3v) is 4.41. The van der Waals surface area contributed by atoms with Gasteiger partial charge in [-0.05, 0) is 17.7 Å². The molecular weight excluding hydrogens is 294 g/mol. The van der Waals surface area contributed by atoms with E-state index < -0.39 is 0 Å². The average molecular weight is 317 g/mol. The molecule has 0 saturated carbocycles. The molecule has 0 unspecified atom stereocenters. The number of anilines is 1. The van der Waals surface area contributed by atoms with E-state index in [1.807, 2.05) is 37.0 Å². The number of aromatic nitrogens is 2. The van der Waals surface area contributed by atoms with Crippen LogP contribution in [-0.2, 0) is 13.0 Å². The van der Waals surface area contributed by atoms with Gasteiger partial charge in [0.1, 0.15) is 0 Å². The summed E-state index contributed by atoms with van der Waals surface area (Å²) in [7, 11) is 2.00. The van der Waals surface area contributed by atoms with Crippen molar-refractivity contribution in [3.05, 3.63) is 58.5 Å². The van der Waals surface area contributed by atoms with Crippen molar-refractivity contribution < 1.29 is 0 Å². The zero-order valence-electron chi connectivity index (χ0n) is 13.2. The average Bonchev–Trinajstić information content (AvgIpc) is 2.55. The molecule has 0 spiro atoms. The van der Waals surface area contributed by atoms with Crippen LogP contribution in [0.5, 0.6) is 0 Å². The molecule has 0 radical (unpaired) electrons. The number of hydrogen-bond acceptors (Lipinski definition) is 4. The summed E-state index contributed by atoms with van der Waals surface area (Å²) in [5, 5.41) is 4.28. The quantitative estimate of drug-likeness (QED) is 0.702. The number of likely N-dealkylation sites (N-methyl/N-ethyl adjacent to an activating group) is 1. The first-order valence-corrected chi connectivity index (χ1v) is 8.76. The molecule has 5 heteroatoms. The summed E-state index contributed by atoms with van der Waals surface area (Å²) in [6, 6.07) is 12.0. The van der Waals surface area contributed by atoms with E-state index >= 15 is 0 Å². The number of nitrogens with zero attached hydrogens (tertiary/aromatic N) is 3. The Balaban J connectivity index is 1.94. The van der Waals surface area contributed by atoms with Crippen molar-refractivity contribution in [3.8, 4) is 0 Å². The Kier molecular flexibility index (Phi) is 6.52. The molecule has 22 heavy (non-hydrogen) atoms. The Hall–Kier alpha value is -1.75. The Morgan fingerprint density at radius 1 is 1.27 bits per heavy atom. The molecular formula is C17H23N3OS. The summed E-state index contributed by atoms with van der Waals surface area (Å²) in [5.41, 5.74) is 2.15. The molecule has 0 fully saturated rings. The molecule has 2 rings (SSSR count). The summed E-state index contributed by atoms with van der Waals surface area (Å²) in [6.45, 7) is 3.65. The first kappa shape index (κ1) is 16.6. The van der Waals surface area contributed by atoms with E-state index in [9.17, 15) is 4.79 Å². The van der Waals surface area contributed by atoms with Gasteiger partial charge >= 0.3 is 0 Å². The van der Waals surface area contributed by atoms with E-state index in [-0.39, 0.29) is 5.56 Å². The Morgan fingerprint density at radius 3 is 2.73 bits per heavy atom. The van der Waals surface area contributed by atoms with Gasteiger partial charge in [0.15, 0.2) is 0 Å². The van der Waals surface area contributed by atoms with Gasteiger partial charge in [0.25, 0.3) is 5.56 Å². The lowest BCUT2D eigenvalue weighted by molar-refractivity contribution is 0.619. The van der Waals surface area contributed by atoms with E-state index in [2.05, 4.69) is 29.1 Å². The van der Waals surface area contributed by atoms with Gasteiger partial charge in [-0.3, -0.25) is 4.79 Å². The summed E-state index contributed by atoms with van der Waals surface area (Å²) >= 11 is 1.82. The van der Waals surface area contributed by atoms with Crippen LogP contribution in [0.15, 0.2) is 47.4 Å². The van der Waals surface area contributed by atoms with Crippen LogP contribution in [0.3, 0.4) is 0 Å². The van der Waals surface area contributed by atoms with Gasteiger partial charge in [0.2, 0.25) is 0 Å². The predicted molar refractivity (Wildman–Crippen MR) is 94.9 cm³/mol. The highest BCUT2D eigenvalue weighted by Crippen LogP contribution is 2.09. The van der Waals surface area contributed by atoms with E-state index in [0.717, 1.165) is 30.2 Å². The van der Waals surface area contributed by atoms with E-state index in [1.54, 1.807) is 12.3 Å². The zero-order valence-corrected chi connectivity index (χ0v) is 14.1. The van der Waals surface area contributed by atoms with Gasteiger partial charge in [-0.15, -0.1) is 0 Å². The summed E-state index contributed by atoms with van der Waals surface area (Å²) < 4.78 is 1.54. The maximum atomic E-state index is 12.1. The number of hydrogen-bond donors (Lipinski definition) is 0. The molecule has 0 aliphatic heterocycles. The molecule has 1 aromatic heterocycles. The van der Waals surface area contributed by atoms with Crippen LogP contribution >= 0.6 is 11.8 Å². The third-order valence-electron chi connectivity index (χ3n) is 3.53. The number of rotatable bonds is 8. The van der Waals surface area contributed by atoms with E-state index in [1.165, 1.54) is 10.2 Å². The van der Waals surface area contributed by atoms with Crippen molar-refractivity contribution in [2.75, 3.05) is 30.0 Å². The summed E-state index contributed by atoms with van der Waals surface area (Å²) in [5.74, 6) is 1.99. The van der Waals surface area contributed by atoms with Gasteiger partial charge in [-0.1, -0.05) is 37.3 Å². The second-order valence-corrected chi connectivity index (χ2v) is 6.52. The van der Waals surface area contributed by atoms with Gasteiger partial charge in [0.05, 0.1) is 18.4 Å². The Morgan fingerprint density at radius 2 is 2.05 bits per heavy atom. The highest BCUT2D eigenvalue weighted by atomic mass is 32.2. The zero-order chi connectivity index (χ0) is 15.8. The molecule has 0 saturated heterocycles. The van der Waals surface area contributed by atoms with Crippen molar-refractivity contribution >= 4 is 17.4 Å². The number of thioether (sulfide) groups is 1. The summed E-state index contributed by atoms with van der Waals surface area (Å²) in [4.78, 5) is 14.2. The van der Waals surface area contributed by atoms with Crippen LogP contribution in [0, 0.1) is 0 Å². The third kappa shape index (κ3) is 4.91. The molecule has 1 heterocycles. The highest BCUT2D eigenvalue weighted by molar-refractivity contribution is 7.99. The maximum Gasteiger partial charge on any atom is 0.268 e. The SMILES string of the molecule is CCSCCn1ncc(N(C)CCc2ccccc2)cc1=O. The number of aryl methyl sites for hydroxylation is 1. The molecule has 0 amide bonds. The largest absolute Gasteiger partial charge is 0.373 e. The molecule has 4 nitrogen and oxygen atoms in total. The minimum absolute atomic E-state index is 0.0271. The highest BCUT2D eigenvalue weighted by Gasteiger charge is 2.05. The second kappa shape index (κ2) is 8.63. The topological polar surface area (TPSA) is 38.1 Å².